The van der Waals surface area contributed by atoms with E-state index < -0.39 is 12.1 Å². The van der Waals surface area contributed by atoms with Crippen molar-refractivity contribution in [2.24, 2.45) is 0 Å². The van der Waals surface area contributed by atoms with Crippen molar-refractivity contribution in [3.63, 3.8) is 0 Å². The number of Topliss-reactive ketones (excluding diaryl/α,β-unsaturated/α-hetero) is 1. The average molecular weight is 714 g/mol. The molecular weight excluding hydrogens is 670 g/mol. The van der Waals surface area contributed by atoms with Gasteiger partial charge in [0, 0.05) is 33.0 Å². The SMILES string of the molecule is CC(=O)CCC(=O)N1CCC[C@H]1c1ncc(-c2ccc(-c3ccc(-c4cnc([C@@H]5CCCN5C(=O)[C@@H](c5ccccc5)N(C)C(=O)O)[nH]4)cc3)cc2)[nH]1. The van der Waals surface area contributed by atoms with Crippen molar-refractivity contribution >= 4 is 23.7 Å². The maximum absolute atomic E-state index is 13.9. The molecule has 2 aliphatic heterocycles. The van der Waals surface area contributed by atoms with E-state index in [2.05, 4.69) is 56.3 Å². The van der Waals surface area contributed by atoms with Crippen LogP contribution in [0.15, 0.2) is 91.3 Å². The first kappa shape index (κ1) is 35.4. The number of aromatic amines is 2. The third kappa shape index (κ3) is 7.48. The molecule has 7 rings (SSSR count). The smallest absolute Gasteiger partial charge is 0.407 e. The minimum absolute atomic E-state index is 0.00340. The maximum atomic E-state index is 13.9. The van der Waals surface area contributed by atoms with E-state index in [1.807, 2.05) is 29.3 Å². The summed E-state index contributed by atoms with van der Waals surface area (Å²) < 4.78 is 0. The number of carbonyl (C=O) groups excluding carboxylic acids is 3. The molecule has 2 aromatic heterocycles. The summed E-state index contributed by atoms with van der Waals surface area (Å²) in [5.41, 5.74) is 6.40. The lowest BCUT2D eigenvalue weighted by Crippen LogP contribution is -2.43. The van der Waals surface area contributed by atoms with Gasteiger partial charge in [-0.25, -0.2) is 14.8 Å². The zero-order chi connectivity index (χ0) is 37.1. The number of carboxylic acid groups (broad SMARTS) is 1. The normalized spacial score (nSPS) is 17.5. The van der Waals surface area contributed by atoms with Gasteiger partial charge in [0.25, 0.3) is 5.91 Å². The number of carbonyl (C=O) groups is 4. The monoisotopic (exact) mass is 713 g/mol. The van der Waals surface area contributed by atoms with Crippen LogP contribution in [0.3, 0.4) is 0 Å². The van der Waals surface area contributed by atoms with Crippen molar-refractivity contribution in [2.45, 2.75) is 63.6 Å². The van der Waals surface area contributed by atoms with Crippen LogP contribution >= 0.6 is 0 Å². The lowest BCUT2D eigenvalue weighted by Gasteiger charge is -2.32. The number of hydrogen-bond acceptors (Lipinski definition) is 6. The molecule has 0 saturated carbocycles. The van der Waals surface area contributed by atoms with Gasteiger partial charge in [-0.3, -0.25) is 14.5 Å². The first-order valence-corrected chi connectivity index (χ1v) is 18.1. The van der Waals surface area contributed by atoms with Gasteiger partial charge >= 0.3 is 6.09 Å². The minimum Gasteiger partial charge on any atom is -0.465 e. The molecule has 2 fully saturated rings. The van der Waals surface area contributed by atoms with Crippen LogP contribution < -0.4 is 0 Å². The molecule has 0 radical (unpaired) electrons. The summed E-state index contributed by atoms with van der Waals surface area (Å²) in [5.74, 6) is 1.20. The number of likely N-dealkylation sites (N-methyl/N-ethyl adjacent to an activating group) is 1. The van der Waals surface area contributed by atoms with Gasteiger partial charge in [0.05, 0.1) is 35.9 Å². The molecular formula is C41H43N7O5. The highest BCUT2D eigenvalue weighted by atomic mass is 16.4. The summed E-state index contributed by atoms with van der Waals surface area (Å²) in [5, 5.41) is 9.77. The Kier molecular flexibility index (Phi) is 10.2. The number of likely N-dealkylation sites (tertiary alicyclic amines) is 2. The van der Waals surface area contributed by atoms with Crippen LogP contribution in [0.1, 0.15) is 80.8 Å². The number of hydrogen-bond donors (Lipinski definition) is 3. The lowest BCUT2D eigenvalue weighted by atomic mass is 10.0. The highest BCUT2D eigenvalue weighted by molar-refractivity contribution is 5.87. The van der Waals surface area contributed by atoms with Gasteiger partial charge in [-0.2, -0.15) is 0 Å². The van der Waals surface area contributed by atoms with Crippen LogP contribution in [0.5, 0.6) is 0 Å². The molecule has 0 unspecified atom stereocenters. The quantitative estimate of drug-likeness (QED) is 0.131. The number of nitrogens with one attached hydrogen (secondary N) is 2. The number of rotatable bonds is 11. The van der Waals surface area contributed by atoms with E-state index in [9.17, 15) is 24.3 Å². The lowest BCUT2D eigenvalue weighted by molar-refractivity contribution is -0.137. The Morgan fingerprint density at radius 1 is 0.736 bits per heavy atom. The fourth-order valence-electron chi connectivity index (χ4n) is 7.52. The third-order valence-corrected chi connectivity index (χ3v) is 10.4. The van der Waals surface area contributed by atoms with Crippen LogP contribution in [0.4, 0.5) is 4.79 Å². The number of H-pyrrole nitrogens is 2. The Morgan fingerprint density at radius 2 is 1.23 bits per heavy atom. The van der Waals surface area contributed by atoms with Crippen LogP contribution in [0, 0.1) is 0 Å². The molecule has 53 heavy (non-hydrogen) atoms. The predicted molar refractivity (Wildman–Crippen MR) is 199 cm³/mol. The van der Waals surface area contributed by atoms with E-state index in [4.69, 9.17) is 0 Å². The fraction of sp³-hybridized carbons (Fsp3) is 0.317. The first-order chi connectivity index (χ1) is 25.7. The molecule has 4 heterocycles. The summed E-state index contributed by atoms with van der Waals surface area (Å²) in [6.07, 6.45) is 6.20. The van der Waals surface area contributed by atoms with Gasteiger partial charge in [0.15, 0.2) is 0 Å². The molecule has 3 N–H and O–H groups in total. The van der Waals surface area contributed by atoms with E-state index >= 15 is 0 Å². The van der Waals surface area contributed by atoms with Crippen molar-refractivity contribution in [1.29, 1.82) is 0 Å². The van der Waals surface area contributed by atoms with Crippen LogP contribution in [0.2, 0.25) is 0 Å². The molecule has 2 aliphatic rings. The molecule has 12 nitrogen and oxygen atoms in total. The molecule has 272 valence electrons. The Labute approximate surface area is 307 Å². The molecule has 0 bridgehead atoms. The maximum Gasteiger partial charge on any atom is 0.407 e. The molecule has 0 aliphatic carbocycles. The summed E-state index contributed by atoms with van der Waals surface area (Å²) in [4.78, 5) is 70.8. The van der Waals surface area contributed by atoms with Crippen molar-refractivity contribution < 1.29 is 24.3 Å². The van der Waals surface area contributed by atoms with Crippen molar-refractivity contribution in [3.8, 4) is 33.6 Å². The second-order valence-corrected chi connectivity index (χ2v) is 13.9. The van der Waals surface area contributed by atoms with E-state index in [1.165, 1.54) is 14.0 Å². The number of ketones is 1. The molecule has 12 heteroatoms. The standard InChI is InChI=1S/C41H43N7O5/c1-26(49)12-21-36(50)47-22-6-10-34(47)38-42-24-32(44-38)29-17-13-27(14-18-29)28-15-19-30(20-16-28)33-25-43-39(45-33)35-11-7-23-48(35)40(51)37(46(2)41(52)53)31-8-4-3-5-9-31/h3-5,8-9,13-20,24-25,34-35,37H,6-7,10-12,21-23H2,1-2H3,(H,42,44)(H,43,45)(H,52,53)/t34-,35-,37+/m0/s1. The van der Waals surface area contributed by atoms with Gasteiger partial charge in [0.1, 0.15) is 23.5 Å². The van der Waals surface area contributed by atoms with Gasteiger partial charge in [-0.05, 0) is 60.4 Å². The van der Waals surface area contributed by atoms with E-state index in [0.717, 1.165) is 70.0 Å². The molecule has 0 spiro atoms. The fourth-order valence-corrected chi connectivity index (χ4v) is 7.52. The molecule has 3 aromatic carbocycles. The summed E-state index contributed by atoms with van der Waals surface area (Å²) in [6.45, 7) is 2.71. The summed E-state index contributed by atoms with van der Waals surface area (Å²) >= 11 is 0. The molecule has 2 saturated heterocycles. The summed E-state index contributed by atoms with van der Waals surface area (Å²) in [6, 6.07) is 24.1. The Morgan fingerprint density at radius 3 is 1.74 bits per heavy atom. The number of imidazole rings is 2. The molecule has 5 aromatic rings. The van der Waals surface area contributed by atoms with E-state index in [0.29, 0.717) is 24.5 Å². The van der Waals surface area contributed by atoms with Gasteiger partial charge in [0.2, 0.25) is 5.91 Å². The number of benzene rings is 3. The Bertz CT molecular complexity index is 2090. The van der Waals surface area contributed by atoms with E-state index in [1.54, 1.807) is 35.4 Å². The summed E-state index contributed by atoms with van der Waals surface area (Å²) in [7, 11) is 1.43. The predicted octanol–water partition coefficient (Wildman–Crippen LogP) is 7.18. The van der Waals surface area contributed by atoms with Gasteiger partial charge < -0.3 is 29.7 Å². The van der Waals surface area contributed by atoms with Crippen molar-refractivity contribution in [1.82, 2.24) is 34.6 Å². The average Bonchev–Trinajstić information content (AvgIpc) is 4.01. The third-order valence-electron chi connectivity index (χ3n) is 10.4. The molecule has 3 atom stereocenters. The molecule has 3 amide bonds. The second-order valence-electron chi connectivity index (χ2n) is 13.9. The first-order valence-electron chi connectivity index (χ1n) is 18.1. The second kappa shape index (κ2) is 15.3. The Hall–Kier alpha value is -6.04. The number of aromatic nitrogens is 4. The topological polar surface area (TPSA) is 156 Å². The van der Waals surface area contributed by atoms with Crippen LogP contribution in [-0.2, 0) is 14.4 Å². The van der Waals surface area contributed by atoms with Crippen molar-refractivity contribution in [2.75, 3.05) is 20.1 Å². The van der Waals surface area contributed by atoms with Crippen LogP contribution in [-0.4, -0.2) is 83.6 Å². The van der Waals surface area contributed by atoms with E-state index in [-0.39, 0.29) is 42.5 Å². The zero-order valence-electron chi connectivity index (χ0n) is 29.9. The Balaban J connectivity index is 1.02. The largest absolute Gasteiger partial charge is 0.465 e. The van der Waals surface area contributed by atoms with Crippen LogP contribution in [0.25, 0.3) is 33.6 Å². The number of nitrogens with zero attached hydrogens (tertiary/aromatic N) is 5. The zero-order valence-corrected chi connectivity index (χ0v) is 29.9. The van der Waals surface area contributed by atoms with Gasteiger partial charge in [-0.15, -0.1) is 0 Å². The highest BCUT2D eigenvalue weighted by Gasteiger charge is 2.39. The highest BCUT2D eigenvalue weighted by Crippen LogP contribution is 2.36. The van der Waals surface area contributed by atoms with Gasteiger partial charge in [-0.1, -0.05) is 78.9 Å². The number of amides is 3. The van der Waals surface area contributed by atoms with Crippen molar-refractivity contribution in [3.05, 3.63) is 108 Å². The minimum atomic E-state index is -1.17.